The molecular formula is C20H20Cl2F2N4O. The third-order valence-corrected chi connectivity index (χ3v) is 5.18. The number of alkyl halides is 1. The van der Waals surface area contributed by atoms with Gasteiger partial charge in [0.15, 0.2) is 0 Å². The van der Waals surface area contributed by atoms with E-state index in [1.54, 1.807) is 41.2 Å². The van der Waals surface area contributed by atoms with Gasteiger partial charge in [-0.15, -0.1) is 12.4 Å². The number of hydrogen-bond acceptors (Lipinski definition) is 3. The second kappa shape index (κ2) is 9.07. The maximum atomic E-state index is 14.6. The van der Waals surface area contributed by atoms with Crippen molar-refractivity contribution in [3.8, 4) is 0 Å². The number of pyridine rings is 1. The number of nitrogens with zero attached hydrogens (tertiary/aromatic N) is 2. The average molecular weight is 441 g/mol. The lowest BCUT2D eigenvalue weighted by atomic mass is 10.0. The summed E-state index contributed by atoms with van der Waals surface area (Å²) in [6.45, 7) is 1.22. The van der Waals surface area contributed by atoms with Gasteiger partial charge in [0, 0.05) is 30.9 Å². The Morgan fingerprint density at radius 2 is 2.21 bits per heavy atom. The van der Waals surface area contributed by atoms with Gasteiger partial charge < -0.3 is 15.2 Å². The van der Waals surface area contributed by atoms with E-state index in [0.717, 1.165) is 5.56 Å². The van der Waals surface area contributed by atoms with Gasteiger partial charge in [-0.1, -0.05) is 17.7 Å². The van der Waals surface area contributed by atoms with Crippen molar-refractivity contribution in [2.24, 2.45) is 0 Å². The van der Waals surface area contributed by atoms with Crippen molar-refractivity contribution in [2.45, 2.75) is 25.2 Å². The summed E-state index contributed by atoms with van der Waals surface area (Å²) in [5.41, 5.74) is 1.65. The van der Waals surface area contributed by atoms with Crippen LogP contribution in [0.15, 0.2) is 42.7 Å². The van der Waals surface area contributed by atoms with Crippen molar-refractivity contribution in [3.63, 3.8) is 0 Å². The van der Waals surface area contributed by atoms with Crippen molar-refractivity contribution in [2.75, 3.05) is 13.1 Å². The summed E-state index contributed by atoms with van der Waals surface area (Å²) >= 11 is 5.95. The fraction of sp³-hybridized carbons (Fsp3) is 0.300. The molecule has 2 N–H and O–H groups in total. The summed E-state index contributed by atoms with van der Waals surface area (Å²) in [4.78, 5) is 16.8. The molecule has 0 bridgehead atoms. The number of fused-ring (bicyclic) bond motifs is 1. The highest BCUT2D eigenvalue weighted by Gasteiger charge is 2.28. The average Bonchev–Trinajstić information content (AvgIpc) is 3.04. The largest absolute Gasteiger partial charge is 0.346 e. The maximum Gasteiger partial charge on any atom is 0.253 e. The first-order valence-corrected chi connectivity index (χ1v) is 9.44. The maximum absolute atomic E-state index is 14.6. The molecule has 2 atom stereocenters. The molecule has 1 saturated heterocycles. The fourth-order valence-corrected chi connectivity index (χ4v) is 3.78. The third-order valence-electron chi connectivity index (χ3n) is 4.97. The van der Waals surface area contributed by atoms with Crippen molar-refractivity contribution in [1.29, 1.82) is 0 Å². The Morgan fingerprint density at radius 1 is 1.38 bits per heavy atom. The molecule has 154 valence electrons. The van der Waals surface area contributed by atoms with E-state index in [1.807, 2.05) is 0 Å². The number of halogens is 4. The molecule has 0 radical (unpaired) electrons. The normalized spacial score (nSPS) is 19.0. The van der Waals surface area contributed by atoms with Crippen LogP contribution in [0.3, 0.4) is 0 Å². The first-order chi connectivity index (χ1) is 13.5. The van der Waals surface area contributed by atoms with E-state index in [1.165, 1.54) is 6.07 Å². The van der Waals surface area contributed by atoms with Gasteiger partial charge in [0.05, 0.1) is 17.1 Å². The second-order valence-electron chi connectivity index (χ2n) is 6.88. The van der Waals surface area contributed by atoms with Crippen LogP contribution in [-0.4, -0.2) is 40.8 Å². The molecule has 0 saturated carbocycles. The van der Waals surface area contributed by atoms with E-state index < -0.39 is 23.9 Å². The summed E-state index contributed by atoms with van der Waals surface area (Å²) in [5, 5.41) is 6.26. The summed E-state index contributed by atoms with van der Waals surface area (Å²) in [6.07, 6.45) is 2.51. The topological polar surface area (TPSA) is 59.0 Å². The first-order valence-electron chi connectivity index (χ1n) is 9.06. The van der Waals surface area contributed by atoms with Crippen molar-refractivity contribution < 1.29 is 13.6 Å². The van der Waals surface area contributed by atoms with Gasteiger partial charge in [0.25, 0.3) is 5.91 Å². The minimum Gasteiger partial charge on any atom is -0.346 e. The Labute approximate surface area is 177 Å². The Balaban J connectivity index is 0.00000240. The van der Waals surface area contributed by atoms with Crippen molar-refractivity contribution in [3.05, 3.63) is 64.8 Å². The van der Waals surface area contributed by atoms with Crippen LogP contribution in [0.4, 0.5) is 8.78 Å². The number of benzene rings is 1. The van der Waals surface area contributed by atoms with E-state index in [4.69, 9.17) is 11.6 Å². The van der Waals surface area contributed by atoms with Gasteiger partial charge in [-0.05, 0) is 42.8 Å². The number of piperidine rings is 1. The molecule has 0 spiro atoms. The van der Waals surface area contributed by atoms with Crippen LogP contribution in [0.2, 0.25) is 5.15 Å². The zero-order valence-corrected chi connectivity index (χ0v) is 16.9. The minimum atomic E-state index is -1.17. The molecule has 1 aliphatic rings. The molecule has 29 heavy (non-hydrogen) atoms. The van der Waals surface area contributed by atoms with Crippen LogP contribution >= 0.6 is 24.0 Å². The zero-order chi connectivity index (χ0) is 19.7. The molecule has 1 fully saturated rings. The molecule has 3 heterocycles. The molecule has 9 heteroatoms. The summed E-state index contributed by atoms with van der Waals surface area (Å²) in [6, 6.07) is 7.60. The highest BCUT2D eigenvalue weighted by Crippen LogP contribution is 2.26. The number of carbonyl (C=O) groups excluding carboxylic acids is 1. The van der Waals surface area contributed by atoms with Gasteiger partial charge >= 0.3 is 0 Å². The Morgan fingerprint density at radius 3 is 2.97 bits per heavy atom. The number of nitrogens with one attached hydrogen (secondary N) is 2. The van der Waals surface area contributed by atoms with Crippen LogP contribution in [-0.2, 0) is 6.54 Å². The van der Waals surface area contributed by atoms with Gasteiger partial charge in [-0.2, -0.15) is 0 Å². The lowest BCUT2D eigenvalue weighted by molar-refractivity contribution is 0.0893. The fourth-order valence-electron chi connectivity index (χ4n) is 3.58. The summed E-state index contributed by atoms with van der Waals surface area (Å²) in [5.74, 6) is -0.965. The predicted molar refractivity (Wildman–Crippen MR) is 111 cm³/mol. The molecule has 1 unspecified atom stereocenters. The van der Waals surface area contributed by atoms with Crippen LogP contribution in [0, 0.1) is 5.82 Å². The van der Waals surface area contributed by atoms with E-state index >= 15 is 0 Å². The van der Waals surface area contributed by atoms with Gasteiger partial charge in [0.1, 0.15) is 17.1 Å². The van der Waals surface area contributed by atoms with Crippen LogP contribution < -0.4 is 10.6 Å². The van der Waals surface area contributed by atoms with Gasteiger partial charge in [0.2, 0.25) is 0 Å². The molecule has 1 aliphatic heterocycles. The van der Waals surface area contributed by atoms with Gasteiger partial charge in [-0.25, -0.2) is 13.8 Å². The van der Waals surface area contributed by atoms with E-state index in [0.29, 0.717) is 30.2 Å². The van der Waals surface area contributed by atoms with Gasteiger partial charge in [-0.3, -0.25) is 4.79 Å². The highest BCUT2D eigenvalue weighted by atomic mass is 35.5. The van der Waals surface area contributed by atoms with E-state index in [-0.39, 0.29) is 29.9 Å². The van der Waals surface area contributed by atoms with Crippen LogP contribution in [0.25, 0.3) is 10.9 Å². The lowest BCUT2D eigenvalue weighted by Gasteiger charge is -2.27. The molecule has 4 rings (SSSR count). The Kier molecular flexibility index (Phi) is 6.72. The van der Waals surface area contributed by atoms with E-state index in [9.17, 15) is 13.6 Å². The lowest BCUT2D eigenvalue weighted by Crippen LogP contribution is -2.50. The highest BCUT2D eigenvalue weighted by molar-refractivity contribution is 6.29. The second-order valence-corrected chi connectivity index (χ2v) is 7.27. The first kappa shape index (κ1) is 21.5. The van der Waals surface area contributed by atoms with Crippen LogP contribution in [0.1, 0.15) is 22.3 Å². The molecule has 5 nitrogen and oxygen atoms in total. The quantitative estimate of drug-likeness (QED) is 0.607. The molecule has 0 aliphatic carbocycles. The van der Waals surface area contributed by atoms with E-state index in [2.05, 4.69) is 15.6 Å². The predicted octanol–water partition coefficient (Wildman–Crippen LogP) is 3.73. The molecule has 2 aromatic heterocycles. The van der Waals surface area contributed by atoms with Crippen LogP contribution in [0.5, 0.6) is 0 Å². The number of rotatable bonds is 4. The standard InChI is InChI=1S/C20H19ClF2N4O.ClH/c21-18-8-12(4-7-25-18)10-27-11-13(19-14(22)2-1-3-17(19)27)20(28)26-16-5-6-24-9-15(16)23;/h1-4,7-8,11,15-16,24H,5-6,9-10H2,(H,26,28);1H/t15-,16?;/m0./s1. The zero-order valence-electron chi connectivity index (χ0n) is 15.4. The Hall–Kier alpha value is -2.22. The SMILES string of the molecule is Cl.O=C(NC1CCNC[C@@H]1F)c1cn(Cc2ccnc(Cl)c2)c2cccc(F)c12. The van der Waals surface area contributed by atoms with Crippen molar-refractivity contribution >= 4 is 40.8 Å². The number of hydrogen-bond donors (Lipinski definition) is 2. The summed E-state index contributed by atoms with van der Waals surface area (Å²) in [7, 11) is 0. The molecule has 1 aromatic carbocycles. The number of amides is 1. The summed E-state index contributed by atoms with van der Waals surface area (Å²) < 4.78 is 30.4. The third kappa shape index (κ3) is 4.52. The molecular weight excluding hydrogens is 421 g/mol. The Bertz CT molecular complexity index is 1030. The van der Waals surface area contributed by atoms with Crippen molar-refractivity contribution in [1.82, 2.24) is 20.2 Å². The molecule has 3 aromatic rings. The number of carbonyl (C=O) groups is 1. The number of aromatic nitrogens is 2. The molecule has 1 amide bonds. The monoisotopic (exact) mass is 440 g/mol. The minimum absolute atomic E-state index is 0. The smallest absolute Gasteiger partial charge is 0.253 e.